The molecule has 0 bridgehead atoms. The monoisotopic (exact) mass is 374 g/mol. The maximum Gasteiger partial charge on any atom is 0.256 e. The van der Waals surface area contributed by atoms with Crippen LogP contribution in [0.15, 0.2) is 59.5 Å². The van der Waals surface area contributed by atoms with E-state index < -0.39 is 0 Å². The molecule has 0 unspecified atom stereocenters. The van der Waals surface area contributed by atoms with Crippen LogP contribution in [0, 0.1) is 0 Å². The Balaban J connectivity index is 1.24. The van der Waals surface area contributed by atoms with Crippen molar-refractivity contribution in [3.05, 3.63) is 76.3 Å². The van der Waals surface area contributed by atoms with Gasteiger partial charge in [0.1, 0.15) is 11.4 Å². The molecule has 0 aliphatic carbocycles. The molecule has 0 saturated carbocycles. The molecular weight excluding hydrogens is 352 g/mol. The number of carbonyl (C=O) groups is 1. The Kier molecular flexibility index (Phi) is 5.19. The Morgan fingerprint density at radius 1 is 0.964 bits per heavy atom. The van der Waals surface area contributed by atoms with Gasteiger partial charge in [-0.05, 0) is 37.1 Å². The maximum absolute atomic E-state index is 12.4. The molecule has 142 valence electrons. The summed E-state index contributed by atoms with van der Waals surface area (Å²) in [6.07, 6.45) is 5.20. The van der Waals surface area contributed by atoms with Crippen LogP contribution < -0.4 is 10.7 Å². The number of carbonyl (C=O) groups excluding carboxylic acids is 1. The van der Waals surface area contributed by atoms with Crippen molar-refractivity contribution in [2.75, 3.05) is 6.54 Å². The fourth-order valence-electron chi connectivity index (χ4n) is 3.35. The first-order valence-electron chi connectivity index (χ1n) is 9.54. The van der Waals surface area contributed by atoms with Crippen LogP contribution in [-0.2, 0) is 6.42 Å². The topological polar surface area (TPSA) is 90.6 Å². The number of hydrogen-bond donors (Lipinski definition) is 3. The Hall–Kier alpha value is -3.41. The van der Waals surface area contributed by atoms with Gasteiger partial charge < -0.3 is 15.3 Å². The van der Waals surface area contributed by atoms with Crippen molar-refractivity contribution in [3.63, 3.8) is 0 Å². The number of unbranched alkanes of at least 4 members (excludes halogenated alkanes) is 2. The van der Waals surface area contributed by atoms with Crippen LogP contribution in [0.5, 0.6) is 0 Å². The van der Waals surface area contributed by atoms with Crippen molar-refractivity contribution in [3.8, 4) is 0 Å². The minimum Gasteiger partial charge on any atom is -0.360 e. The van der Waals surface area contributed by atoms with E-state index in [1.54, 1.807) is 12.1 Å². The molecule has 1 amide bonds. The largest absolute Gasteiger partial charge is 0.360 e. The average molecular weight is 374 g/mol. The van der Waals surface area contributed by atoms with Crippen molar-refractivity contribution in [2.24, 2.45) is 0 Å². The van der Waals surface area contributed by atoms with Gasteiger partial charge in [0, 0.05) is 30.1 Å². The lowest BCUT2D eigenvalue weighted by Gasteiger charge is -2.06. The third kappa shape index (κ3) is 3.81. The van der Waals surface area contributed by atoms with Crippen LogP contribution in [0.4, 0.5) is 0 Å². The number of H-pyrrole nitrogens is 2. The first-order valence-corrected chi connectivity index (χ1v) is 9.54. The Morgan fingerprint density at radius 3 is 2.61 bits per heavy atom. The summed E-state index contributed by atoms with van der Waals surface area (Å²) in [5.74, 6) is 0.664. The molecule has 28 heavy (non-hydrogen) atoms. The number of fused-ring (bicyclic) bond motifs is 2. The van der Waals surface area contributed by atoms with E-state index >= 15 is 0 Å². The van der Waals surface area contributed by atoms with Crippen LogP contribution in [-0.4, -0.2) is 27.4 Å². The molecule has 6 heteroatoms. The van der Waals surface area contributed by atoms with Gasteiger partial charge in [0.25, 0.3) is 5.91 Å². The minimum atomic E-state index is -0.329. The molecule has 2 aromatic heterocycles. The predicted molar refractivity (Wildman–Crippen MR) is 111 cm³/mol. The van der Waals surface area contributed by atoms with E-state index in [2.05, 4.69) is 20.3 Å². The summed E-state index contributed by atoms with van der Waals surface area (Å²) in [7, 11) is 0. The molecule has 2 aromatic carbocycles. The lowest BCUT2D eigenvalue weighted by atomic mass is 10.1. The number of benzene rings is 2. The van der Waals surface area contributed by atoms with Gasteiger partial charge in [-0.1, -0.05) is 30.7 Å². The van der Waals surface area contributed by atoms with E-state index in [-0.39, 0.29) is 16.9 Å². The summed E-state index contributed by atoms with van der Waals surface area (Å²) >= 11 is 0. The van der Waals surface area contributed by atoms with Gasteiger partial charge in [-0.2, -0.15) is 0 Å². The summed E-state index contributed by atoms with van der Waals surface area (Å²) in [4.78, 5) is 35.7. The van der Waals surface area contributed by atoms with E-state index in [1.807, 2.05) is 36.4 Å². The van der Waals surface area contributed by atoms with Gasteiger partial charge in [-0.15, -0.1) is 0 Å². The second-order valence-electron chi connectivity index (χ2n) is 6.84. The number of nitrogens with zero attached hydrogens (tertiary/aromatic N) is 1. The summed E-state index contributed by atoms with van der Waals surface area (Å²) in [5, 5.41) is 3.37. The summed E-state index contributed by atoms with van der Waals surface area (Å²) in [6, 6.07) is 15.2. The van der Waals surface area contributed by atoms with Crippen molar-refractivity contribution in [1.82, 2.24) is 20.3 Å². The highest BCUT2D eigenvalue weighted by molar-refractivity contribution is 5.97. The first kappa shape index (κ1) is 18.0. The highest BCUT2D eigenvalue weighted by Gasteiger charge is 2.12. The van der Waals surface area contributed by atoms with Crippen LogP contribution in [0.1, 0.15) is 35.4 Å². The van der Waals surface area contributed by atoms with Crippen molar-refractivity contribution < 1.29 is 4.79 Å². The van der Waals surface area contributed by atoms with Gasteiger partial charge in [-0.25, -0.2) is 4.98 Å². The third-order valence-electron chi connectivity index (χ3n) is 4.85. The van der Waals surface area contributed by atoms with Gasteiger partial charge in [0.05, 0.1) is 11.0 Å². The van der Waals surface area contributed by atoms with Crippen LogP contribution in [0.25, 0.3) is 21.9 Å². The molecule has 2 heterocycles. The summed E-state index contributed by atoms with van der Waals surface area (Å²) in [6.45, 7) is 0.547. The summed E-state index contributed by atoms with van der Waals surface area (Å²) < 4.78 is 0. The Labute approximate surface area is 162 Å². The smallest absolute Gasteiger partial charge is 0.256 e. The van der Waals surface area contributed by atoms with Crippen molar-refractivity contribution in [2.45, 2.75) is 25.7 Å². The minimum absolute atomic E-state index is 0.154. The molecule has 4 aromatic rings. The quantitative estimate of drug-likeness (QED) is 0.432. The van der Waals surface area contributed by atoms with Gasteiger partial charge in [0.15, 0.2) is 0 Å². The van der Waals surface area contributed by atoms with Gasteiger partial charge in [-0.3, -0.25) is 9.59 Å². The molecule has 6 nitrogen and oxygen atoms in total. The summed E-state index contributed by atoms with van der Waals surface area (Å²) in [5.41, 5.74) is 2.70. The SMILES string of the molecule is O=C(NCCCCCc1nc2ccccc2[nH]1)c1c[nH]c2ccccc2c1=O. The van der Waals surface area contributed by atoms with Crippen LogP contribution in [0.3, 0.4) is 0 Å². The number of amides is 1. The third-order valence-corrected chi connectivity index (χ3v) is 4.85. The maximum atomic E-state index is 12.4. The fourth-order valence-corrected chi connectivity index (χ4v) is 3.35. The molecule has 0 radical (unpaired) electrons. The number of aromatic amines is 2. The number of nitrogens with one attached hydrogen (secondary N) is 3. The first-order chi connectivity index (χ1) is 13.7. The van der Waals surface area contributed by atoms with E-state index in [1.165, 1.54) is 6.20 Å². The standard InChI is InChI=1S/C22H22N4O2/c27-21-15-8-3-4-9-17(15)24-14-16(21)22(28)23-13-7-1-2-12-20-25-18-10-5-6-11-19(18)26-20/h3-6,8-11,14H,1-2,7,12-13H2,(H,23,28)(H,24,27)(H,25,26). The van der Waals surface area contributed by atoms with E-state index in [0.29, 0.717) is 11.9 Å². The second-order valence-corrected chi connectivity index (χ2v) is 6.84. The number of para-hydroxylation sites is 3. The molecule has 3 N–H and O–H groups in total. The van der Waals surface area contributed by atoms with Crippen LogP contribution in [0.2, 0.25) is 0 Å². The van der Waals surface area contributed by atoms with Crippen molar-refractivity contribution >= 4 is 27.8 Å². The van der Waals surface area contributed by atoms with Gasteiger partial charge in [0.2, 0.25) is 5.43 Å². The molecule has 0 aliphatic heterocycles. The van der Waals surface area contributed by atoms with E-state index in [0.717, 1.165) is 48.1 Å². The number of imidazole rings is 1. The molecule has 0 saturated heterocycles. The zero-order valence-electron chi connectivity index (χ0n) is 15.5. The lowest BCUT2D eigenvalue weighted by molar-refractivity contribution is 0.0951. The van der Waals surface area contributed by atoms with Crippen molar-refractivity contribution in [1.29, 1.82) is 0 Å². The predicted octanol–water partition coefficient (Wildman–Crippen LogP) is 3.55. The molecule has 4 rings (SSSR count). The Bertz CT molecular complexity index is 1140. The van der Waals surface area contributed by atoms with Crippen LogP contribution >= 0.6 is 0 Å². The average Bonchev–Trinajstić information content (AvgIpc) is 3.14. The Morgan fingerprint density at radius 2 is 1.75 bits per heavy atom. The van der Waals surface area contributed by atoms with E-state index in [4.69, 9.17) is 0 Å². The molecule has 0 fully saturated rings. The van der Waals surface area contributed by atoms with E-state index in [9.17, 15) is 9.59 Å². The number of hydrogen-bond acceptors (Lipinski definition) is 3. The molecule has 0 aliphatic rings. The highest BCUT2D eigenvalue weighted by Crippen LogP contribution is 2.12. The highest BCUT2D eigenvalue weighted by atomic mass is 16.2. The number of rotatable bonds is 7. The lowest BCUT2D eigenvalue weighted by Crippen LogP contribution is -2.29. The number of pyridine rings is 1. The fraction of sp³-hybridized carbons (Fsp3) is 0.227. The van der Waals surface area contributed by atoms with Gasteiger partial charge >= 0.3 is 0 Å². The zero-order chi connectivity index (χ0) is 19.3. The molecular formula is C22H22N4O2. The molecule has 0 atom stereocenters. The molecule has 0 spiro atoms. The number of aromatic nitrogens is 3. The zero-order valence-corrected chi connectivity index (χ0v) is 15.5. The second kappa shape index (κ2) is 8.08. The normalized spacial score (nSPS) is 11.1. The number of aryl methyl sites for hydroxylation is 1.